The molecule has 0 aromatic carbocycles. The number of H-pyrrole nitrogens is 1. The molecule has 6 nitrogen and oxygen atoms in total. The molecule has 7 heteroatoms. The van der Waals surface area contributed by atoms with E-state index in [0.29, 0.717) is 11.4 Å². The highest BCUT2D eigenvalue weighted by atomic mass is 32.2. The predicted molar refractivity (Wildman–Crippen MR) is 66.1 cm³/mol. The van der Waals surface area contributed by atoms with E-state index >= 15 is 0 Å². The number of rotatable bonds is 6. The number of hydrogen-bond acceptors (Lipinski definition) is 4. The first-order valence-electron chi connectivity index (χ1n) is 5.27. The molecule has 1 rings (SSSR count). The van der Waals surface area contributed by atoms with Crippen LogP contribution in [0.3, 0.4) is 0 Å². The number of aromatic nitrogens is 2. The van der Waals surface area contributed by atoms with Gasteiger partial charge in [-0.05, 0) is 13.8 Å². The maximum atomic E-state index is 12.4. The zero-order valence-electron chi connectivity index (χ0n) is 10.1. The van der Waals surface area contributed by atoms with Crippen LogP contribution in [0.5, 0.6) is 0 Å². The number of nitrogens with one attached hydrogen (secondary N) is 1. The van der Waals surface area contributed by atoms with Crippen LogP contribution in [0.1, 0.15) is 11.4 Å². The van der Waals surface area contributed by atoms with E-state index in [4.69, 9.17) is 5.73 Å². The van der Waals surface area contributed by atoms with E-state index in [1.54, 1.807) is 13.8 Å². The van der Waals surface area contributed by atoms with Crippen LogP contribution in [0.15, 0.2) is 17.6 Å². The Labute approximate surface area is 102 Å². The van der Waals surface area contributed by atoms with Gasteiger partial charge in [-0.1, -0.05) is 6.08 Å². The zero-order chi connectivity index (χ0) is 13.1. The normalized spacial score (nSPS) is 12.0. The lowest BCUT2D eigenvalue weighted by atomic mass is 10.4. The highest BCUT2D eigenvalue weighted by Gasteiger charge is 2.28. The van der Waals surface area contributed by atoms with Crippen molar-refractivity contribution in [2.75, 3.05) is 19.6 Å². The van der Waals surface area contributed by atoms with Gasteiger partial charge < -0.3 is 5.73 Å². The molecule has 3 N–H and O–H groups in total. The second kappa shape index (κ2) is 5.44. The second-order valence-electron chi connectivity index (χ2n) is 3.70. The Morgan fingerprint density at radius 1 is 1.53 bits per heavy atom. The highest BCUT2D eigenvalue weighted by Crippen LogP contribution is 2.21. The number of nitrogens with zero attached hydrogens (tertiary/aromatic N) is 2. The summed E-state index contributed by atoms with van der Waals surface area (Å²) in [5.74, 6) is 0. The average Bonchev–Trinajstić information content (AvgIpc) is 2.58. The van der Waals surface area contributed by atoms with Crippen molar-refractivity contribution in [2.45, 2.75) is 18.7 Å². The first-order chi connectivity index (χ1) is 7.95. The summed E-state index contributed by atoms with van der Waals surface area (Å²) in [6.45, 7) is 7.66. The Kier molecular flexibility index (Phi) is 4.44. The SMILES string of the molecule is C=CCN(CCN)S(=O)(=O)c1c(C)n[nH]c1C. The molecule has 0 saturated heterocycles. The van der Waals surface area contributed by atoms with E-state index in [2.05, 4.69) is 16.8 Å². The smallest absolute Gasteiger partial charge is 0.247 e. The van der Waals surface area contributed by atoms with Gasteiger partial charge in [0.2, 0.25) is 10.0 Å². The third-order valence-corrected chi connectivity index (χ3v) is 4.50. The minimum atomic E-state index is -3.56. The van der Waals surface area contributed by atoms with Gasteiger partial charge >= 0.3 is 0 Å². The van der Waals surface area contributed by atoms with Gasteiger partial charge in [-0.25, -0.2) is 8.42 Å². The van der Waals surface area contributed by atoms with Crippen LogP contribution in [-0.2, 0) is 10.0 Å². The minimum Gasteiger partial charge on any atom is -0.329 e. The number of sulfonamides is 1. The van der Waals surface area contributed by atoms with Crippen LogP contribution in [-0.4, -0.2) is 42.6 Å². The topological polar surface area (TPSA) is 92.1 Å². The van der Waals surface area contributed by atoms with Crippen molar-refractivity contribution in [3.63, 3.8) is 0 Å². The molecule has 0 radical (unpaired) electrons. The lowest BCUT2D eigenvalue weighted by molar-refractivity contribution is 0.449. The van der Waals surface area contributed by atoms with Gasteiger partial charge in [-0.2, -0.15) is 9.40 Å². The van der Waals surface area contributed by atoms with Gasteiger partial charge in [-0.3, -0.25) is 5.10 Å². The van der Waals surface area contributed by atoms with Crippen molar-refractivity contribution in [2.24, 2.45) is 5.73 Å². The molecule has 96 valence electrons. The fraction of sp³-hybridized carbons (Fsp3) is 0.500. The lowest BCUT2D eigenvalue weighted by Gasteiger charge is -2.19. The summed E-state index contributed by atoms with van der Waals surface area (Å²) < 4.78 is 26.1. The summed E-state index contributed by atoms with van der Waals surface area (Å²) in [5, 5.41) is 6.57. The van der Waals surface area contributed by atoms with E-state index in [1.165, 1.54) is 10.4 Å². The Balaban J connectivity index is 3.20. The molecule has 0 saturated carbocycles. The number of nitrogens with two attached hydrogens (primary N) is 1. The van der Waals surface area contributed by atoms with Gasteiger partial charge in [0.15, 0.2) is 0 Å². The van der Waals surface area contributed by atoms with Crippen LogP contribution in [0, 0.1) is 13.8 Å². The molecule has 0 aliphatic carbocycles. The molecule has 0 aliphatic rings. The van der Waals surface area contributed by atoms with E-state index < -0.39 is 10.0 Å². The number of hydrogen-bond donors (Lipinski definition) is 2. The molecule has 0 amide bonds. The van der Waals surface area contributed by atoms with E-state index in [9.17, 15) is 8.42 Å². The van der Waals surface area contributed by atoms with Gasteiger partial charge in [-0.15, -0.1) is 6.58 Å². The molecule has 17 heavy (non-hydrogen) atoms. The van der Waals surface area contributed by atoms with Crippen molar-refractivity contribution >= 4 is 10.0 Å². The summed E-state index contributed by atoms with van der Waals surface area (Å²) in [5.41, 5.74) is 6.42. The van der Waals surface area contributed by atoms with Crippen molar-refractivity contribution < 1.29 is 8.42 Å². The molecule has 0 aliphatic heterocycles. The van der Waals surface area contributed by atoms with E-state index in [1.807, 2.05) is 0 Å². The molecule has 0 atom stereocenters. The maximum absolute atomic E-state index is 12.4. The second-order valence-corrected chi connectivity index (χ2v) is 5.58. The third kappa shape index (κ3) is 2.74. The zero-order valence-corrected chi connectivity index (χ0v) is 10.9. The molecule has 1 aromatic rings. The van der Waals surface area contributed by atoms with Gasteiger partial charge in [0.05, 0.1) is 11.4 Å². The van der Waals surface area contributed by atoms with Crippen molar-refractivity contribution in [3.05, 3.63) is 24.0 Å². The lowest BCUT2D eigenvalue weighted by Crippen LogP contribution is -2.36. The van der Waals surface area contributed by atoms with Crippen LogP contribution in [0.2, 0.25) is 0 Å². The molecule has 1 heterocycles. The fourth-order valence-corrected chi connectivity index (χ4v) is 3.40. The highest BCUT2D eigenvalue weighted by molar-refractivity contribution is 7.89. The molecular weight excluding hydrogens is 240 g/mol. The first kappa shape index (κ1) is 13.9. The van der Waals surface area contributed by atoms with Crippen molar-refractivity contribution in [1.82, 2.24) is 14.5 Å². The molecule has 1 aromatic heterocycles. The number of aryl methyl sites for hydroxylation is 2. The van der Waals surface area contributed by atoms with Crippen LogP contribution >= 0.6 is 0 Å². The average molecular weight is 258 g/mol. The summed E-state index contributed by atoms with van der Waals surface area (Å²) >= 11 is 0. The van der Waals surface area contributed by atoms with Crippen molar-refractivity contribution in [1.29, 1.82) is 0 Å². The largest absolute Gasteiger partial charge is 0.329 e. The van der Waals surface area contributed by atoms with Crippen LogP contribution in [0.4, 0.5) is 0 Å². The first-order valence-corrected chi connectivity index (χ1v) is 6.71. The Morgan fingerprint density at radius 2 is 2.18 bits per heavy atom. The van der Waals surface area contributed by atoms with Crippen LogP contribution < -0.4 is 5.73 Å². The minimum absolute atomic E-state index is 0.229. The third-order valence-electron chi connectivity index (χ3n) is 2.37. The maximum Gasteiger partial charge on any atom is 0.247 e. The predicted octanol–water partition coefficient (Wildman–Crippen LogP) is 0.162. The standard InChI is InChI=1S/C10H18N4O2S/c1-4-6-14(7-5-11)17(15,16)10-8(2)12-13-9(10)3/h4H,1,5-7,11H2,2-3H3,(H,12,13). The molecule has 0 unspecified atom stereocenters. The Hall–Kier alpha value is -1.18. The van der Waals surface area contributed by atoms with Gasteiger partial charge in [0.1, 0.15) is 4.90 Å². The molecule has 0 spiro atoms. The monoisotopic (exact) mass is 258 g/mol. The summed E-state index contributed by atoms with van der Waals surface area (Å²) in [7, 11) is -3.56. The molecule has 0 bridgehead atoms. The van der Waals surface area contributed by atoms with E-state index in [0.717, 1.165) is 0 Å². The van der Waals surface area contributed by atoms with Gasteiger partial charge in [0.25, 0.3) is 0 Å². The summed E-state index contributed by atoms with van der Waals surface area (Å²) in [6.07, 6.45) is 1.54. The molecular formula is C10H18N4O2S. The van der Waals surface area contributed by atoms with Gasteiger partial charge in [0, 0.05) is 19.6 Å². The Bertz CT molecular complexity index is 473. The molecule has 0 fully saturated rings. The van der Waals surface area contributed by atoms with Crippen molar-refractivity contribution in [3.8, 4) is 0 Å². The fourth-order valence-electron chi connectivity index (χ4n) is 1.65. The summed E-state index contributed by atoms with van der Waals surface area (Å²) in [6, 6.07) is 0. The quantitative estimate of drug-likeness (QED) is 0.711. The van der Waals surface area contributed by atoms with Crippen LogP contribution in [0.25, 0.3) is 0 Å². The van der Waals surface area contributed by atoms with E-state index in [-0.39, 0.29) is 24.5 Å². The number of aromatic amines is 1. The Morgan fingerprint density at radius 3 is 2.59 bits per heavy atom. The summed E-state index contributed by atoms with van der Waals surface area (Å²) in [4.78, 5) is 0.229.